The number of aryl methyl sites for hydroxylation is 1. The van der Waals surface area contributed by atoms with E-state index in [-0.39, 0.29) is 11.9 Å². The monoisotopic (exact) mass is 289 g/mol. The number of ether oxygens (including phenoxy) is 1. The molecule has 0 spiro atoms. The van der Waals surface area contributed by atoms with Crippen LogP contribution in [0.1, 0.15) is 37.1 Å². The zero-order chi connectivity index (χ0) is 14.7. The number of benzene rings is 1. The molecule has 1 aliphatic rings. The van der Waals surface area contributed by atoms with E-state index in [1.54, 1.807) is 6.07 Å². The molecule has 112 valence electrons. The lowest BCUT2D eigenvalue weighted by Crippen LogP contribution is -2.22. The van der Waals surface area contributed by atoms with Crippen LogP contribution in [0, 0.1) is 5.82 Å². The molecule has 0 saturated carbocycles. The number of fused-ring (bicyclic) bond motifs is 1. The smallest absolute Gasteiger partial charge is 0.165 e. The Balaban J connectivity index is 1.78. The molecule has 2 aromatic rings. The number of nitrogens with one attached hydrogen (secondary N) is 1. The topological polar surface area (TPSA) is 39.1 Å². The highest BCUT2D eigenvalue weighted by Gasteiger charge is 2.22. The number of nitrogens with zero attached hydrogens (tertiary/aromatic N) is 2. The van der Waals surface area contributed by atoms with E-state index < -0.39 is 0 Å². The van der Waals surface area contributed by atoms with Crippen molar-refractivity contribution in [2.24, 2.45) is 0 Å². The SMILES string of the molecule is CCn1nccc1CN[C@@H]1CCCOc2c(F)cccc21. The van der Waals surface area contributed by atoms with Crippen molar-refractivity contribution in [2.75, 3.05) is 6.61 Å². The summed E-state index contributed by atoms with van der Waals surface area (Å²) < 4.78 is 21.4. The largest absolute Gasteiger partial charge is 0.490 e. The second kappa shape index (κ2) is 6.26. The third-order valence-corrected chi connectivity index (χ3v) is 3.89. The molecule has 2 heterocycles. The molecule has 1 aliphatic heterocycles. The number of aromatic nitrogens is 2. The molecule has 1 N–H and O–H groups in total. The maximum absolute atomic E-state index is 13.9. The van der Waals surface area contributed by atoms with E-state index in [9.17, 15) is 4.39 Å². The molecule has 3 rings (SSSR count). The van der Waals surface area contributed by atoms with Gasteiger partial charge in [-0.05, 0) is 31.9 Å². The summed E-state index contributed by atoms with van der Waals surface area (Å²) in [7, 11) is 0. The fourth-order valence-corrected chi connectivity index (χ4v) is 2.80. The summed E-state index contributed by atoms with van der Waals surface area (Å²) >= 11 is 0. The minimum atomic E-state index is -0.278. The van der Waals surface area contributed by atoms with E-state index in [0.717, 1.165) is 30.6 Å². The van der Waals surface area contributed by atoms with Gasteiger partial charge in [-0.2, -0.15) is 5.10 Å². The average molecular weight is 289 g/mol. The Morgan fingerprint density at radius 1 is 1.43 bits per heavy atom. The molecule has 0 fully saturated rings. The molecule has 0 unspecified atom stereocenters. The van der Waals surface area contributed by atoms with Crippen molar-refractivity contribution in [3.05, 3.63) is 47.5 Å². The molecule has 5 heteroatoms. The number of rotatable bonds is 4. The predicted octanol–water partition coefficient (Wildman–Crippen LogP) is 3.05. The fraction of sp³-hybridized carbons (Fsp3) is 0.438. The van der Waals surface area contributed by atoms with Crippen LogP contribution < -0.4 is 10.1 Å². The van der Waals surface area contributed by atoms with Gasteiger partial charge in [0.25, 0.3) is 0 Å². The molecule has 4 nitrogen and oxygen atoms in total. The predicted molar refractivity (Wildman–Crippen MR) is 78.6 cm³/mol. The van der Waals surface area contributed by atoms with Gasteiger partial charge in [-0.25, -0.2) is 4.39 Å². The number of para-hydroxylation sites is 1. The van der Waals surface area contributed by atoms with Gasteiger partial charge in [-0.1, -0.05) is 12.1 Å². The average Bonchev–Trinajstić information content (AvgIpc) is 2.85. The normalized spacial score (nSPS) is 17.9. The maximum Gasteiger partial charge on any atom is 0.165 e. The summed E-state index contributed by atoms with van der Waals surface area (Å²) in [6.45, 7) is 4.21. The van der Waals surface area contributed by atoms with E-state index in [4.69, 9.17) is 4.74 Å². The van der Waals surface area contributed by atoms with Crippen molar-refractivity contribution in [3.8, 4) is 5.75 Å². The van der Waals surface area contributed by atoms with Crippen molar-refractivity contribution < 1.29 is 9.13 Å². The molecular weight excluding hydrogens is 269 g/mol. The quantitative estimate of drug-likeness (QED) is 0.940. The Morgan fingerprint density at radius 3 is 3.19 bits per heavy atom. The van der Waals surface area contributed by atoms with Crippen LogP contribution in [0.2, 0.25) is 0 Å². The van der Waals surface area contributed by atoms with Crippen LogP contribution in [0.3, 0.4) is 0 Å². The first-order valence-corrected chi connectivity index (χ1v) is 7.45. The Kier molecular flexibility index (Phi) is 4.20. The lowest BCUT2D eigenvalue weighted by molar-refractivity contribution is 0.300. The van der Waals surface area contributed by atoms with E-state index in [2.05, 4.69) is 17.3 Å². The van der Waals surface area contributed by atoms with Crippen molar-refractivity contribution in [2.45, 2.75) is 38.9 Å². The van der Waals surface area contributed by atoms with Gasteiger partial charge in [-0.3, -0.25) is 4.68 Å². The van der Waals surface area contributed by atoms with Crippen molar-refractivity contribution >= 4 is 0 Å². The summed E-state index contributed by atoms with van der Waals surface area (Å²) in [6.07, 6.45) is 3.67. The van der Waals surface area contributed by atoms with Gasteiger partial charge >= 0.3 is 0 Å². The van der Waals surface area contributed by atoms with Crippen molar-refractivity contribution in [1.82, 2.24) is 15.1 Å². The molecule has 0 aliphatic carbocycles. The summed E-state index contributed by atoms with van der Waals surface area (Å²) in [5, 5.41) is 7.78. The van der Waals surface area contributed by atoms with Gasteiger partial charge in [0.1, 0.15) is 0 Å². The second-order valence-corrected chi connectivity index (χ2v) is 5.22. The Labute approximate surface area is 123 Å². The van der Waals surface area contributed by atoms with Gasteiger partial charge in [0.2, 0.25) is 0 Å². The van der Waals surface area contributed by atoms with E-state index in [1.807, 2.05) is 23.0 Å². The van der Waals surface area contributed by atoms with Gasteiger partial charge < -0.3 is 10.1 Å². The molecule has 1 atom stereocenters. The van der Waals surface area contributed by atoms with Gasteiger partial charge in [0, 0.05) is 30.9 Å². The second-order valence-electron chi connectivity index (χ2n) is 5.22. The number of hydrogen-bond acceptors (Lipinski definition) is 3. The molecule has 1 aromatic carbocycles. The van der Waals surface area contributed by atoms with Crippen LogP contribution in [0.4, 0.5) is 4.39 Å². The summed E-state index contributed by atoms with van der Waals surface area (Å²) in [5.74, 6) is 0.122. The van der Waals surface area contributed by atoms with Gasteiger partial charge in [-0.15, -0.1) is 0 Å². The van der Waals surface area contributed by atoms with Crippen LogP contribution >= 0.6 is 0 Å². The minimum Gasteiger partial charge on any atom is -0.490 e. The molecule has 0 radical (unpaired) electrons. The molecule has 0 amide bonds. The highest BCUT2D eigenvalue weighted by atomic mass is 19.1. The summed E-state index contributed by atoms with van der Waals surface area (Å²) in [5.41, 5.74) is 2.05. The lowest BCUT2D eigenvalue weighted by atomic mass is 10.0. The number of halogens is 1. The molecule has 0 saturated heterocycles. The van der Waals surface area contributed by atoms with E-state index in [1.165, 1.54) is 6.07 Å². The van der Waals surface area contributed by atoms with Crippen LogP contribution in [0.15, 0.2) is 30.5 Å². The van der Waals surface area contributed by atoms with Crippen molar-refractivity contribution in [1.29, 1.82) is 0 Å². The zero-order valence-electron chi connectivity index (χ0n) is 12.2. The van der Waals surface area contributed by atoms with Crippen LogP contribution in [0.5, 0.6) is 5.75 Å². The number of hydrogen-bond donors (Lipinski definition) is 1. The first-order valence-electron chi connectivity index (χ1n) is 7.45. The van der Waals surface area contributed by atoms with Gasteiger partial charge in [0.05, 0.1) is 12.3 Å². The van der Waals surface area contributed by atoms with Gasteiger partial charge in [0.15, 0.2) is 11.6 Å². The Bertz CT molecular complexity index is 611. The Morgan fingerprint density at radius 2 is 2.33 bits per heavy atom. The molecule has 1 aromatic heterocycles. The first-order chi connectivity index (χ1) is 10.3. The molecule has 0 bridgehead atoms. The third kappa shape index (κ3) is 2.93. The minimum absolute atomic E-state index is 0.110. The fourth-order valence-electron chi connectivity index (χ4n) is 2.80. The van der Waals surface area contributed by atoms with Crippen LogP contribution in [-0.2, 0) is 13.1 Å². The van der Waals surface area contributed by atoms with Crippen LogP contribution in [0.25, 0.3) is 0 Å². The van der Waals surface area contributed by atoms with E-state index in [0.29, 0.717) is 18.9 Å². The first kappa shape index (κ1) is 14.1. The molecular formula is C16H20FN3O. The maximum atomic E-state index is 13.9. The lowest BCUT2D eigenvalue weighted by Gasteiger charge is -2.19. The standard InChI is InChI=1S/C16H20FN3O/c1-2-20-12(8-9-19-20)11-18-15-7-4-10-21-16-13(15)5-3-6-14(16)17/h3,5-6,8-9,15,18H,2,4,7,10-11H2,1H3/t15-/m1/s1. The highest BCUT2D eigenvalue weighted by molar-refractivity contribution is 5.38. The summed E-state index contributed by atoms with van der Waals surface area (Å²) in [4.78, 5) is 0. The van der Waals surface area contributed by atoms with E-state index >= 15 is 0 Å². The summed E-state index contributed by atoms with van der Waals surface area (Å²) in [6, 6.07) is 7.26. The van der Waals surface area contributed by atoms with Crippen molar-refractivity contribution in [3.63, 3.8) is 0 Å². The highest BCUT2D eigenvalue weighted by Crippen LogP contribution is 2.33. The molecule has 21 heavy (non-hydrogen) atoms. The van der Waals surface area contributed by atoms with Crippen LogP contribution in [-0.4, -0.2) is 16.4 Å². The zero-order valence-corrected chi connectivity index (χ0v) is 12.2. The Hall–Kier alpha value is -1.88. The third-order valence-electron chi connectivity index (χ3n) is 3.89.